The number of alkyl carbamates (subject to hydrolysis) is 1. The summed E-state index contributed by atoms with van der Waals surface area (Å²) in [5.41, 5.74) is 6.14. The third-order valence-corrected chi connectivity index (χ3v) is 7.20. The summed E-state index contributed by atoms with van der Waals surface area (Å²) in [6.07, 6.45) is -0.561. The Bertz CT molecular complexity index is 1430. The highest BCUT2D eigenvalue weighted by Gasteiger charge is 2.31. The van der Waals surface area contributed by atoms with E-state index in [4.69, 9.17) is 4.74 Å². The zero-order chi connectivity index (χ0) is 26.8. The van der Waals surface area contributed by atoms with E-state index in [9.17, 15) is 14.7 Å². The quantitative estimate of drug-likeness (QED) is 0.296. The lowest BCUT2D eigenvalue weighted by Gasteiger charge is -2.24. The predicted molar refractivity (Wildman–Crippen MR) is 145 cm³/mol. The van der Waals surface area contributed by atoms with Crippen molar-refractivity contribution in [2.75, 3.05) is 6.61 Å². The third-order valence-electron chi connectivity index (χ3n) is 7.20. The number of fused-ring (bicyclic) bond motifs is 3. The first-order valence-corrected chi connectivity index (χ1v) is 12.8. The average Bonchev–Trinajstić information content (AvgIpc) is 3.41. The van der Waals surface area contributed by atoms with Crippen LogP contribution in [0.15, 0.2) is 78.9 Å². The van der Waals surface area contributed by atoms with Crippen LogP contribution in [0.5, 0.6) is 0 Å². The van der Waals surface area contributed by atoms with Crippen molar-refractivity contribution in [2.45, 2.75) is 39.3 Å². The van der Waals surface area contributed by atoms with Gasteiger partial charge in [0, 0.05) is 18.2 Å². The molecule has 4 aromatic rings. The number of carboxylic acid groups (broad SMARTS) is 1. The van der Waals surface area contributed by atoms with Crippen molar-refractivity contribution in [3.63, 3.8) is 0 Å². The molecule has 0 fully saturated rings. The normalized spacial score (nSPS) is 13.2. The number of nitrogens with one attached hydrogen (secondary N) is 1. The largest absolute Gasteiger partial charge is 0.476 e. The molecule has 0 unspecified atom stereocenters. The van der Waals surface area contributed by atoms with Gasteiger partial charge in [0.2, 0.25) is 0 Å². The van der Waals surface area contributed by atoms with Crippen LogP contribution in [0.2, 0.25) is 0 Å². The molecule has 7 nitrogen and oxygen atoms in total. The molecular formula is C31H31N3O4. The maximum Gasteiger partial charge on any atom is 0.407 e. The minimum Gasteiger partial charge on any atom is -0.476 e. The fourth-order valence-electron chi connectivity index (χ4n) is 5.26. The first kappa shape index (κ1) is 25.3. The van der Waals surface area contributed by atoms with E-state index in [1.807, 2.05) is 73.0 Å². The molecule has 3 aromatic carbocycles. The molecule has 1 aliphatic carbocycles. The van der Waals surface area contributed by atoms with E-state index in [0.29, 0.717) is 18.1 Å². The van der Waals surface area contributed by atoms with Gasteiger partial charge >= 0.3 is 12.1 Å². The van der Waals surface area contributed by atoms with Gasteiger partial charge in [-0.15, -0.1) is 0 Å². The second-order valence-electron chi connectivity index (χ2n) is 9.97. The number of imidazole rings is 1. The summed E-state index contributed by atoms with van der Waals surface area (Å²) in [7, 11) is 0. The Morgan fingerprint density at radius 2 is 1.53 bits per heavy atom. The minimum absolute atomic E-state index is 0.0177. The topological polar surface area (TPSA) is 93.4 Å². The van der Waals surface area contributed by atoms with Crippen molar-refractivity contribution in [3.05, 3.63) is 113 Å². The van der Waals surface area contributed by atoms with Gasteiger partial charge in [-0.25, -0.2) is 14.6 Å². The van der Waals surface area contributed by atoms with Crippen LogP contribution in [0.4, 0.5) is 4.79 Å². The number of amides is 1. The van der Waals surface area contributed by atoms with Crippen LogP contribution < -0.4 is 5.32 Å². The number of hydrogen-bond donors (Lipinski definition) is 2. The fourth-order valence-corrected chi connectivity index (χ4v) is 5.26. The highest BCUT2D eigenvalue weighted by atomic mass is 16.5. The van der Waals surface area contributed by atoms with Crippen molar-refractivity contribution < 1.29 is 19.4 Å². The van der Waals surface area contributed by atoms with E-state index in [-0.39, 0.29) is 24.1 Å². The monoisotopic (exact) mass is 509 g/mol. The van der Waals surface area contributed by atoms with Gasteiger partial charge in [0.1, 0.15) is 12.4 Å². The molecule has 0 radical (unpaired) electrons. The molecule has 1 amide bonds. The predicted octanol–water partition coefficient (Wildman–Crippen LogP) is 6.17. The number of ether oxygens (including phenoxy) is 1. The number of aromatic nitrogens is 2. The van der Waals surface area contributed by atoms with E-state index in [1.165, 1.54) is 0 Å². The van der Waals surface area contributed by atoms with Crippen molar-refractivity contribution in [1.82, 2.24) is 14.9 Å². The SMILES string of the molecule is Cc1c(C(=O)O)nc([C@@H](NC(=O)OCC2c3ccccc3-c3ccccc32)C(C)C)n1Cc1ccccc1. The Kier molecular flexibility index (Phi) is 7.01. The number of benzene rings is 3. The van der Waals surface area contributed by atoms with E-state index in [2.05, 4.69) is 34.6 Å². The molecule has 0 saturated heterocycles. The fraction of sp³-hybridized carbons (Fsp3) is 0.258. The summed E-state index contributed by atoms with van der Waals surface area (Å²) in [4.78, 5) is 29.5. The highest BCUT2D eigenvalue weighted by Crippen LogP contribution is 2.44. The lowest BCUT2D eigenvalue weighted by Crippen LogP contribution is -2.35. The summed E-state index contributed by atoms with van der Waals surface area (Å²) in [5, 5.41) is 12.7. The van der Waals surface area contributed by atoms with Gasteiger partial charge in [-0.1, -0.05) is 92.7 Å². The first-order valence-electron chi connectivity index (χ1n) is 12.8. The third kappa shape index (κ3) is 4.79. The second kappa shape index (κ2) is 10.5. The first-order chi connectivity index (χ1) is 18.3. The lowest BCUT2D eigenvalue weighted by atomic mass is 9.98. The van der Waals surface area contributed by atoms with Crippen molar-refractivity contribution >= 4 is 12.1 Å². The Balaban J connectivity index is 1.38. The lowest BCUT2D eigenvalue weighted by molar-refractivity contribution is 0.0689. The molecule has 0 bridgehead atoms. The zero-order valence-corrected chi connectivity index (χ0v) is 21.7. The Labute approximate surface area is 222 Å². The van der Waals surface area contributed by atoms with Gasteiger partial charge in [0.15, 0.2) is 5.69 Å². The number of aromatic carboxylic acids is 1. The molecule has 38 heavy (non-hydrogen) atoms. The van der Waals surface area contributed by atoms with E-state index < -0.39 is 18.1 Å². The molecule has 1 heterocycles. The highest BCUT2D eigenvalue weighted by molar-refractivity contribution is 5.87. The van der Waals surface area contributed by atoms with Crippen molar-refractivity contribution in [3.8, 4) is 11.1 Å². The Morgan fingerprint density at radius 1 is 0.947 bits per heavy atom. The second-order valence-corrected chi connectivity index (χ2v) is 9.97. The maximum atomic E-state index is 13.1. The molecular weight excluding hydrogens is 478 g/mol. The van der Waals surface area contributed by atoms with Crippen LogP contribution in [0.1, 0.15) is 64.5 Å². The number of carbonyl (C=O) groups is 2. The van der Waals surface area contributed by atoms with E-state index in [1.54, 1.807) is 6.92 Å². The summed E-state index contributed by atoms with van der Waals surface area (Å²) < 4.78 is 7.65. The molecule has 0 spiro atoms. The molecule has 1 atom stereocenters. The van der Waals surface area contributed by atoms with Crippen LogP contribution in [0.3, 0.4) is 0 Å². The summed E-state index contributed by atoms with van der Waals surface area (Å²) >= 11 is 0. The van der Waals surface area contributed by atoms with Gasteiger partial charge in [-0.3, -0.25) is 0 Å². The molecule has 194 valence electrons. The molecule has 5 rings (SSSR count). The molecule has 0 saturated carbocycles. The number of nitrogens with zero attached hydrogens (tertiary/aromatic N) is 2. The van der Waals surface area contributed by atoms with Crippen LogP contribution >= 0.6 is 0 Å². The van der Waals surface area contributed by atoms with Gasteiger partial charge in [0.05, 0.1) is 6.04 Å². The van der Waals surface area contributed by atoms with Gasteiger partial charge in [-0.2, -0.15) is 0 Å². The van der Waals surface area contributed by atoms with E-state index in [0.717, 1.165) is 27.8 Å². The smallest absolute Gasteiger partial charge is 0.407 e. The van der Waals surface area contributed by atoms with Gasteiger partial charge in [0.25, 0.3) is 0 Å². The van der Waals surface area contributed by atoms with Gasteiger partial charge in [-0.05, 0) is 40.7 Å². The van der Waals surface area contributed by atoms with E-state index >= 15 is 0 Å². The minimum atomic E-state index is -1.10. The van der Waals surface area contributed by atoms with Gasteiger partial charge < -0.3 is 19.7 Å². The molecule has 7 heteroatoms. The van der Waals surface area contributed by atoms with Crippen LogP contribution in [-0.4, -0.2) is 33.3 Å². The molecule has 1 aliphatic rings. The standard InChI is InChI=1S/C31H31N3O4/c1-19(2)27(29-32-28(30(35)36)20(3)34(29)17-21-11-5-4-6-12-21)33-31(37)38-18-26-24-15-9-7-13-22(24)23-14-8-10-16-25(23)26/h4-16,19,26-27H,17-18H2,1-3H3,(H,33,37)(H,35,36)/t27-/m0/s1. The van der Waals surface area contributed by atoms with Crippen molar-refractivity contribution in [2.24, 2.45) is 5.92 Å². The zero-order valence-electron chi connectivity index (χ0n) is 21.7. The maximum absolute atomic E-state index is 13.1. The Morgan fingerprint density at radius 3 is 2.11 bits per heavy atom. The number of hydrogen-bond acceptors (Lipinski definition) is 4. The summed E-state index contributed by atoms with van der Waals surface area (Å²) in [5.74, 6) is -0.716. The molecule has 1 aromatic heterocycles. The number of carboxylic acids is 1. The molecule has 0 aliphatic heterocycles. The molecule has 2 N–H and O–H groups in total. The van der Waals surface area contributed by atoms with Crippen molar-refractivity contribution in [1.29, 1.82) is 0 Å². The van der Waals surface area contributed by atoms with Crippen LogP contribution in [0.25, 0.3) is 11.1 Å². The van der Waals surface area contributed by atoms with Crippen LogP contribution in [0, 0.1) is 12.8 Å². The number of rotatable bonds is 8. The number of carbonyl (C=O) groups excluding carboxylic acids is 1. The summed E-state index contributed by atoms with van der Waals surface area (Å²) in [6, 6.07) is 25.6. The Hall–Kier alpha value is -4.39. The summed E-state index contributed by atoms with van der Waals surface area (Å²) in [6.45, 7) is 6.31. The van der Waals surface area contributed by atoms with Crippen LogP contribution in [-0.2, 0) is 11.3 Å². The average molecular weight is 510 g/mol.